The summed E-state index contributed by atoms with van der Waals surface area (Å²) in [5.41, 5.74) is 6.62. The predicted octanol–water partition coefficient (Wildman–Crippen LogP) is 3.16. The Morgan fingerprint density at radius 2 is 2.05 bits per heavy atom. The van der Waals surface area contributed by atoms with Crippen molar-refractivity contribution in [1.82, 2.24) is 4.37 Å². The van der Waals surface area contributed by atoms with Crippen LogP contribution in [0.4, 0.5) is 10.8 Å². The summed E-state index contributed by atoms with van der Waals surface area (Å²) >= 11 is 1.30. The number of hydrogen-bond acceptors (Lipinski definition) is 6. The summed E-state index contributed by atoms with van der Waals surface area (Å²) in [5, 5.41) is 0.860. The summed E-state index contributed by atoms with van der Waals surface area (Å²) in [5.74, 6) is 0.633. The normalized spacial score (nSPS) is 17.0. The second-order valence-corrected chi connectivity index (χ2v) is 7.35. The molecule has 118 valence electrons. The van der Waals surface area contributed by atoms with E-state index in [1.807, 2.05) is 0 Å². The van der Waals surface area contributed by atoms with Crippen molar-refractivity contribution in [1.29, 1.82) is 0 Å². The van der Waals surface area contributed by atoms with Crippen molar-refractivity contribution in [3.63, 3.8) is 0 Å². The molecule has 0 atom stereocenters. The Morgan fingerprint density at radius 1 is 1.43 bits per heavy atom. The van der Waals surface area contributed by atoms with Gasteiger partial charge in [-0.1, -0.05) is 20.8 Å². The largest absolute Gasteiger partial charge is 0.462 e. The Morgan fingerprint density at radius 3 is 2.57 bits per heavy atom. The van der Waals surface area contributed by atoms with Crippen molar-refractivity contribution in [3.05, 3.63) is 5.56 Å². The molecule has 0 saturated carbocycles. The Bertz CT molecular complexity index is 500. The summed E-state index contributed by atoms with van der Waals surface area (Å²) in [6, 6.07) is 0. The van der Waals surface area contributed by atoms with Gasteiger partial charge in [-0.2, -0.15) is 4.37 Å². The van der Waals surface area contributed by atoms with Gasteiger partial charge in [-0.3, -0.25) is 0 Å². The Kier molecular flexibility index (Phi) is 4.76. The van der Waals surface area contributed by atoms with Gasteiger partial charge in [0.05, 0.1) is 6.61 Å². The van der Waals surface area contributed by atoms with Crippen LogP contribution in [0, 0.1) is 11.3 Å². The van der Waals surface area contributed by atoms with Crippen LogP contribution in [0.25, 0.3) is 0 Å². The van der Waals surface area contributed by atoms with E-state index >= 15 is 0 Å². The number of carbonyl (C=O) groups excluding carboxylic acids is 1. The fraction of sp³-hybridized carbons (Fsp3) is 0.733. The molecule has 21 heavy (non-hydrogen) atoms. The fourth-order valence-corrected chi connectivity index (χ4v) is 3.71. The highest BCUT2D eigenvalue weighted by Crippen LogP contribution is 2.38. The maximum atomic E-state index is 12.1. The van der Waals surface area contributed by atoms with Crippen LogP contribution in [0.1, 0.15) is 50.9 Å². The van der Waals surface area contributed by atoms with E-state index in [-0.39, 0.29) is 11.8 Å². The Hall–Kier alpha value is -1.30. The highest BCUT2D eigenvalue weighted by atomic mass is 32.1. The molecule has 0 bridgehead atoms. The van der Waals surface area contributed by atoms with Crippen LogP contribution in [0.5, 0.6) is 0 Å². The minimum absolute atomic E-state index is 0.284. The zero-order valence-electron chi connectivity index (χ0n) is 13.3. The van der Waals surface area contributed by atoms with Gasteiger partial charge in [0.2, 0.25) is 0 Å². The summed E-state index contributed by atoms with van der Waals surface area (Å²) in [7, 11) is 0. The molecule has 0 amide bonds. The van der Waals surface area contributed by atoms with E-state index in [4.69, 9.17) is 10.5 Å². The van der Waals surface area contributed by atoms with Gasteiger partial charge in [0.25, 0.3) is 0 Å². The van der Waals surface area contributed by atoms with E-state index in [2.05, 4.69) is 30.0 Å². The summed E-state index contributed by atoms with van der Waals surface area (Å²) in [6.07, 6.45) is 2.26. The monoisotopic (exact) mass is 311 g/mol. The first-order valence-electron chi connectivity index (χ1n) is 7.51. The van der Waals surface area contributed by atoms with Crippen LogP contribution in [-0.4, -0.2) is 30.0 Å². The molecule has 1 aromatic heterocycles. The maximum Gasteiger partial charge on any atom is 0.345 e. The highest BCUT2D eigenvalue weighted by molar-refractivity contribution is 7.11. The lowest BCUT2D eigenvalue weighted by atomic mass is 9.75. The molecule has 0 aliphatic carbocycles. The van der Waals surface area contributed by atoms with Gasteiger partial charge >= 0.3 is 5.97 Å². The number of anilines is 2. The molecule has 2 N–H and O–H groups in total. The van der Waals surface area contributed by atoms with Gasteiger partial charge in [0, 0.05) is 13.1 Å². The zero-order chi connectivity index (χ0) is 15.6. The zero-order valence-corrected chi connectivity index (χ0v) is 14.1. The molecular formula is C15H25N3O2S. The van der Waals surface area contributed by atoms with E-state index in [0.717, 1.165) is 30.9 Å². The van der Waals surface area contributed by atoms with Crippen LogP contribution < -0.4 is 10.6 Å². The molecule has 2 rings (SSSR count). The first-order chi connectivity index (χ1) is 9.84. The number of nitrogens with zero attached hydrogens (tertiary/aromatic N) is 2. The van der Waals surface area contributed by atoms with Gasteiger partial charge in [-0.25, -0.2) is 4.79 Å². The lowest BCUT2D eigenvalue weighted by Crippen LogP contribution is -2.38. The number of piperidine rings is 1. The number of carbonyl (C=O) groups is 1. The highest BCUT2D eigenvalue weighted by Gasteiger charge is 2.32. The molecule has 1 saturated heterocycles. The lowest BCUT2D eigenvalue weighted by Gasteiger charge is -2.39. The fourth-order valence-electron chi connectivity index (χ4n) is 2.85. The van der Waals surface area contributed by atoms with E-state index in [1.54, 1.807) is 6.92 Å². The second kappa shape index (κ2) is 6.22. The van der Waals surface area contributed by atoms with Gasteiger partial charge in [0.1, 0.15) is 10.6 Å². The smallest absolute Gasteiger partial charge is 0.345 e. The molecule has 1 aliphatic heterocycles. The van der Waals surface area contributed by atoms with Crippen molar-refractivity contribution >= 4 is 28.3 Å². The first kappa shape index (κ1) is 16.1. The minimum atomic E-state index is -0.364. The van der Waals surface area contributed by atoms with Crippen LogP contribution >= 0.6 is 11.5 Å². The van der Waals surface area contributed by atoms with Gasteiger partial charge < -0.3 is 15.4 Å². The lowest BCUT2D eigenvalue weighted by molar-refractivity contribution is 0.0528. The van der Waals surface area contributed by atoms with Crippen molar-refractivity contribution in [3.8, 4) is 0 Å². The van der Waals surface area contributed by atoms with E-state index < -0.39 is 0 Å². The summed E-state index contributed by atoms with van der Waals surface area (Å²) in [4.78, 5) is 14.3. The first-order valence-corrected chi connectivity index (χ1v) is 8.29. The molecule has 6 heteroatoms. The average molecular weight is 311 g/mol. The molecule has 0 unspecified atom stereocenters. The van der Waals surface area contributed by atoms with Crippen molar-refractivity contribution in [2.45, 2.75) is 40.5 Å². The minimum Gasteiger partial charge on any atom is -0.462 e. The number of nitrogens with two attached hydrogens (primary N) is 1. The molecule has 1 aromatic rings. The second-order valence-electron chi connectivity index (χ2n) is 6.60. The molecular weight excluding hydrogens is 286 g/mol. The van der Waals surface area contributed by atoms with Crippen molar-refractivity contribution < 1.29 is 9.53 Å². The molecule has 0 spiro atoms. The Balaban J connectivity index is 2.12. The number of ether oxygens (including phenoxy) is 1. The molecule has 1 aliphatic rings. The third-order valence-electron chi connectivity index (χ3n) is 4.19. The van der Waals surface area contributed by atoms with Crippen LogP contribution in [0.3, 0.4) is 0 Å². The average Bonchev–Trinajstić information content (AvgIpc) is 2.80. The van der Waals surface area contributed by atoms with Crippen molar-refractivity contribution in [2.75, 3.05) is 30.3 Å². The SMILES string of the molecule is CCOC(=O)c1c(N)nsc1N1CCC(C(C)(C)C)CC1. The van der Waals surface area contributed by atoms with Crippen LogP contribution in [-0.2, 0) is 4.74 Å². The third kappa shape index (κ3) is 3.48. The molecule has 0 radical (unpaired) electrons. The number of hydrogen-bond donors (Lipinski definition) is 1. The summed E-state index contributed by atoms with van der Waals surface area (Å²) < 4.78 is 9.23. The van der Waals surface area contributed by atoms with Crippen LogP contribution in [0.15, 0.2) is 0 Å². The van der Waals surface area contributed by atoms with Gasteiger partial charge in [-0.05, 0) is 42.6 Å². The van der Waals surface area contributed by atoms with Crippen LogP contribution in [0.2, 0.25) is 0 Å². The molecule has 5 nitrogen and oxygen atoms in total. The molecule has 0 aromatic carbocycles. The van der Waals surface area contributed by atoms with Gasteiger partial charge in [-0.15, -0.1) is 0 Å². The molecule has 2 heterocycles. The van der Waals surface area contributed by atoms with E-state index in [0.29, 0.717) is 23.5 Å². The standard InChI is InChI=1S/C15H25N3O2S/c1-5-20-14(19)11-12(16)17-21-13(11)18-8-6-10(7-9-18)15(2,3)4/h10H,5-9H2,1-4H3,(H2,16,17). The topological polar surface area (TPSA) is 68.5 Å². The predicted molar refractivity (Wildman–Crippen MR) is 86.9 cm³/mol. The summed E-state index contributed by atoms with van der Waals surface area (Å²) in [6.45, 7) is 10.9. The third-order valence-corrected chi connectivity index (χ3v) is 5.11. The number of rotatable bonds is 3. The van der Waals surface area contributed by atoms with Crippen molar-refractivity contribution in [2.24, 2.45) is 11.3 Å². The number of nitrogen functional groups attached to an aromatic ring is 1. The Labute approximate surface area is 130 Å². The number of esters is 1. The van der Waals surface area contributed by atoms with E-state index in [9.17, 15) is 4.79 Å². The van der Waals surface area contributed by atoms with Gasteiger partial charge in [0.15, 0.2) is 5.82 Å². The van der Waals surface area contributed by atoms with E-state index in [1.165, 1.54) is 11.5 Å². The number of aromatic nitrogens is 1. The molecule has 1 fully saturated rings. The maximum absolute atomic E-state index is 12.1. The quantitative estimate of drug-likeness (QED) is 0.868.